The third kappa shape index (κ3) is 4.73. The number of aryl methyl sites for hydroxylation is 1. The van der Waals surface area contributed by atoms with Crippen LogP contribution in [-0.4, -0.2) is 44.3 Å². The Morgan fingerprint density at radius 1 is 1.15 bits per heavy atom. The van der Waals surface area contributed by atoms with Gasteiger partial charge in [0.15, 0.2) is 11.5 Å². The fourth-order valence-electron chi connectivity index (χ4n) is 4.38. The second kappa shape index (κ2) is 9.66. The van der Waals surface area contributed by atoms with Crippen LogP contribution < -0.4 is 10.2 Å². The molecule has 1 aromatic carbocycles. The molecule has 1 N–H and O–H groups in total. The number of nitrogens with one attached hydrogen (secondary N) is 1. The number of thiophene rings is 1. The Balaban J connectivity index is 1.25. The molecular weight excluding hydrogens is 434 g/mol. The van der Waals surface area contributed by atoms with Crippen molar-refractivity contribution in [2.75, 3.05) is 18.0 Å². The van der Waals surface area contributed by atoms with E-state index in [2.05, 4.69) is 73.5 Å². The normalized spacial score (nSPS) is 15.6. The van der Waals surface area contributed by atoms with Gasteiger partial charge in [-0.05, 0) is 64.4 Å². The molecule has 0 radical (unpaired) electrons. The van der Waals surface area contributed by atoms with E-state index in [1.807, 2.05) is 18.2 Å². The first kappa shape index (κ1) is 21.5. The van der Waals surface area contributed by atoms with Gasteiger partial charge in [-0.2, -0.15) is 0 Å². The largest absolute Gasteiger partial charge is 0.355 e. The van der Waals surface area contributed by atoms with Crippen molar-refractivity contribution < 1.29 is 4.79 Å². The molecule has 1 amide bonds. The minimum absolute atomic E-state index is 0.0140. The average Bonchev–Trinajstić information content (AvgIpc) is 3.55. The molecule has 1 atom stereocenters. The first-order valence-electron chi connectivity index (χ1n) is 11.4. The lowest BCUT2D eigenvalue weighted by Crippen LogP contribution is -2.42. The zero-order chi connectivity index (χ0) is 22.6. The quantitative estimate of drug-likeness (QED) is 0.452. The third-order valence-electron chi connectivity index (χ3n) is 6.21. The molecule has 3 aromatic heterocycles. The molecule has 8 nitrogen and oxygen atoms in total. The maximum absolute atomic E-state index is 13.3. The van der Waals surface area contributed by atoms with Crippen LogP contribution in [-0.2, 0) is 11.2 Å². The summed E-state index contributed by atoms with van der Waals surface area (Å²) in [4.78, 5) is 16.6. The molecular formula is C24H27N7OS. The van der Waals surface area contributed by atoms with Crippen LogP contribution in [0.1, 0.15) is 48.2 Å². The van der Waals surface area contributed by atoms with Crippen LogP contribution in [0.15, 0.2) is 53.9 Å². The number of hydrogen-bond acceptors (Lipinski definition) is 7. The zero-order valence-corrected chi connectivity index (χ0v) is 19.4. The number of piperidine rings is 1. The van der Waals surface area contributed by atoms with Crippen molar-refractivity contribution in [1.82, 2.24) is 30.6 Å². The van der Waals surface area contributed by atoms with Crippen molar-refractivity contribution in [2.45, 2.75) is 38.6 Å². The highest BCUT2D eigenvalue weighted by Gasteiger charge is 2.28. The second-order valence-electron chi connectivity index (χ2n) is 8.43. The number of aromatic nitrogens is 5. The van der Waals surface area contributed by atoms with Crippen LogP contribution in [0.3, 0.4) is 0 Å². The van der Waals surface area contributed by atoms with Gasteiger partial charge in [-0.1, -0.05) is 43.7 Å². The Bertz CT molecular complexity index is 1200. The third-order valence-corrected chi connectivity index (χ3v) is 7.15. The molecule has 170 valence electrons. The maximum Gasteiger partial charge on any atom is 0.224 e. The summed E-state index contributed by atoms with van der Waals surface area (Å²) in [6, 6.07) is 16.5. The summed E-state index contributed by atoms with van der Waals surface area (Å²) in [6.45, 7) is 3.73. The summed E-state index contributed by atoms with van der Waals surface area (Å²) in [5.74, 6) is 0.937. The van der Waals surface area contributed by atoms with Crippen LogP contribution >= 0.6 is 11.3 Å². The minimum atomic E-state index is -0.116. The van der Waals surface area contributed by atoms with Crippen LogP contribution in [0.25, 0.3) is 5.65 Å². The number of carbonyl (C=O) groups excluding carboxylic acids is 1. The Morgan fingerprint density at radius 3 is 2.70 bits per heavy atom. The summed E-state index contributed by atoms with van der Waals surface area (Å²) >= 11 is 1.68. The predicted molar refractivity (Wildman–Crippen MR) is 128 cm³/mol. The van der Waals surface area contributed by atoms with Gasteiger partial charge >= 0.3 is 0 Å². The molecule has 0 aliphatic carbocycles. The number of hydrogen-bond donors (Lipinski definition) is 1. The van der Waals surface area contributed by atoms with Gasteiger partial charge in [0.1, 0.15) is 0 Å². The average molecular weight is 462 g/mol. The zero-order valence-electron chi connectivity index (χ0n) is 18.6. The predicted octanol–water partition coefficient (Wildman–Crippen LogP) is 3.66. The van der Waals surface area contributed by atoms with E-state index in [4.69, 9.17) is 0 Å². The maximum atomic E-state index is 13.3. The number of tetrazole rings is 1. The van der Waals surface area contributed by atoms with Crippen LogP contribution in [0.4, 0.5) is 5.82 Å². The smallest absolute Gasteiger partial charge is 0.224 e. The molecule has 33 heavy (non-hydrogen) atoms. The van der Waals surface area contributed by atoms with E-state index in [-0.39, 0.29) is 17.9 Å². The van der Waals surface area contributed by atoms with Gasteiger partial charge in [0.2, 0.25) is 5.91 Å². The minimum Gasteiger partial charge on any atom is -0.355 e. The number of nitrogens with zero attached hydrogens (tertiary/aromatic N) is 6. The topological polar surface area (TPSA) is 88.3 Å². The molecule has 1 aliphatic rings. The molecule has 4 heterocycles. The van der Waals surface area contributed by atoms with Gasteiger partial charge in [-0.3, -0.25) is 4.79 Å². The fourth-order valence-corrected chi connectivity index (χ4v) is 5.18. The highest BCUT2D eigenvalue weighted by Crippen LogP contribution is 2.29. The molecule has 0 bridgehead atoms. The van der Waals surface area contributed by atoms with E-state index in [0.29, 0.717) is 5.65 Å². The summed E-state index contributed by atoms with van der Waals surface area (Å²) in [5, 5.41) is 21.3. The Kier molecular flexibility index (Phi) is 6.30. The lowest BCUT2D eigenvalue weighted by atomic mass is 9.94. The highest BCUT2D eigenvalue weighted by molar-refractivity contribution is 7.10. The molecule has 1 aliphatic heterocycles. The Morgan fingerprint density at radius 2 is 1.97 bits per heavy atom. The first-order valence-corrected chi connectivity index (χ1v) is 12.3. The van der Waals surface area contributed by atoms with Crippen LogP contribution in [0.2, 0.25) is 0 Å². The number of benzene rings is 1. The summed E-state index contributed by atoms with van der Waals surface area (Å²) in [7, 11) is 0. The fraction of sp³-hybridized carbons (Fsp3) is 0.375. The van der Waals surface area contributed by atoms with Crippen molar-refractivity contribution in [3.8, 4) is 0 Å². The Labute approximate surface area is 196 Å². The van der Waals surface area contributed by atoms with Crippen molar-refractivity contribution in [1.29, 1.82) is 0 Å². The van der Waals surface area contributed by atoms with Gasteiger partial charge in [-0.15, -0.1) is 26.2 Å². The lowest BCUT2D eigenvalue weighted by Gasteiger charge is -2.32. The second-order valence-corrected chi connectivity index (χ2v) is 9.41. The van der Waals surface area contributed by atoms with Gasteiger partial charge in [-0.25, -0.2) is 0 Å². The van der Waals surface area contributed by atoms with E-state index < -0.39 is 0 Å². The van der Waals surface area contributed by atoms with Crippen molar-refractivity contribution >= 4 is 28.7 Å². The summed E-state index contributed by atoms with van der Waals surface area (Å²) < 4.78 is 1.44. The standard InChI is InChI=1S/C24H27N7OS/c1-2-4-17-6-8-18(9-7-17)23(20-5-3-16-33-20)25-24(32)19-12-14-30(15-13-19)22-11-10-21-26-28-29-31(21)27-22/h3,5-11,16,19,23H,2,4,12-15H2,1H3,(H,25,32). The van der Waals surface area contributed by atoms with Crippen LogP contribution in [0.5, 0.6) is 0 Å². The van der Waals surface area contributed by atoms with E-state index in [9.17, 15) is 4.79 Å². The first-order chi connectivity index (χ1) is 16.2. The Hall–Kier alpha value is -3.33. The number of fused-ring (bicyclic) bond motifs is 1. The molecule has 1 fully saturated rings. The molecule has 0 saturated carbocycles. The van der Waals surface area contributed by atoms with E-state index in [1.54, 1.807) is 11.3 Å². The monoisotopic (exact) mass is 461 g/mol. The number of anilines is 1. The van der Waals surface area contributed by atoms with E-state index >= 15 is 0 Å². The van der Waals surface area contributed by atoms with E-state index in [0.717, 1.165) is 55.0 Å². The number of rotatable bonds is 7. The molecule has 5 rings (SSSR count). The SMILES string of the molecule is CCCc1ccc(C(NC(=O)C2CCN(c3ccc4nnnn4n3)CC2)c2cccs2)cc1. The summed E-state index contributed by atoms with van der Waals surface area (Å²) in [6.07, 6.45) is 3.77. The van der Waals surface area contributed by atoms with Crippen molar-refractivity contribution in [3.63, 3.8) is 0 Å². The van der Waals surface area contributed by atoms with Crippen molar-refractivity contribution in [2.24, 2.45) is 5.92 Å². The van der Waals surface area contributed by atoms with Gasteiger partial charge in [0.05, 0.1) is 6.04 Å². The van der Waals surface area contributed by atoms with E-state index in [1.165, 1.54) is 10.2 Å². The number of amides is 1. The summed E-state index contributed by atoms with van der Waals surface area (Å²) in [5.41, 5.74) is 3.08. The molecule has 1 saturated heterocycles. The molecule has 0 spiro atoms. The lowest BCUT2D eigenvalue weighted by molar-refractivity contribution is -0.126. The van der Waals surface area contributed by atoms with Crippen LogP contribution in [0, 0.1) is 5.92 Å². The van der Waals surface area contributed by atoms with Gasteiger partial charge < -0.3 is 10.2 Å². The number of carbonyl (C=O) groups is 1. The van der Waals surface area contributed by atoms with Gasteiger partial charge in [0.25, 0.3) is 0 Å². The van der Waals surface area contributed by atoms with Crippen molar-refractivity contribution in [3.05, 3.63) is 69.9 Å². The molecule has 9 heteroatoms. The van der Waals surface area contributed by atoms with Gasteiger partial charge in [0, 0.05) is 23.9 Å². The molecule has 1 unspecified atom stereocenters. The molecule has 4 aromatic rings. The highest BCUT2D eigenvalue weighted by atomic mass is 32.1.